The zero-order valence-corrected chi connectivity index (χ0v) is 16.2. The first-order chi connectivity index (χ1) is 14.1. The van der Waals surface area contributed by atoms with Gasteiger partial charge in [-0.05, 0) is 60.7 Å². The zero-order chi connectivity index (χ0) is 20.5. The van der Waals surface area contributed by atoms with E-state index in [0.717, 1.165) is 5.75 Å². The van der Waals surface area contributed by atoms with Gasteiger partial charge in [0, 0.05) is 10.7 Å². The summed E-state index contributed by atoms with van der Waals surface area (Å²) in [7, 11) is 0. The maximum Gasteiger partial charge on any atom is 0.258 e. The Balaban J connectivity index is 1.39. The molecule has 0 unspecified atom stereocenters. The lowest BCUT2D eigenvalue weighted by atomic mass is 10.3. The predicted molar refractivity (Wildman–Crippen MR) is 112 cm³/mol. The summed E-state index contributed by atoms with van der Waals surface area (Å²) in [6.45, 7) is -0.356. The Kier molecular flexibility index (Phi) is 7.08. The number of ether oxygens (including phenoxy) is 2. The van der Waals surface area contributed by atoms with Gasteiger partial charge < -0.3 is 20.1 Å². The lowest BCUT2D eigenvalue weighted by Crippen LogP contribution is -2.35. The standard InChI is InChI=1S/C22H19ClN2O4/c23-16-6-10-18(11-7-16)28-15-22(27)24-14-21(26)25-17-8-12-20(13-9-17)29-19-4-2-1-3-5-19/h1-13H,14-15H2,(H,24,27)(H,25,26). The highest BCUT2D eigenvalue weighted by atomic mass is 35.5. The van der Waals surface area contributed by atoms with Crippen molar-refractivity contribution < 1.29 is 19.1 Å². The molecule has 29 heavy (non-hydrogen) atoms. The molecule has 0 saturated heterocycles. The predicted octanol–water partition coefficient (Wildman–Crippen LogP) is 4.27. The van der Waals surface area contributed by atoms with Crippen LogP contribution in [0.3, 0.4) is 0 Å². The van der Waals surface area contributed by atoms with Gasteiger partial charge in [-0.3, -0.25) is 9.59 Å². The molecule has 0 heterocycles. The fourth-order valence-electron chi connectivity index (χ4n) is 2.35. The highest BCUT2D eigenvalue weighted by Gasteiger charge is 2.07. The second-order valence-corrected chi connectivity index (χ2v) is 6.44. The normalized spacial score (nSPS) is 10.1. The van der Waals surface area contributed by atoms with Gasteiger partial charge >= 0.3 is 0 Å². The molecule has 0 atom stereocenters. The summed E-state index contributed by atoms with van der Waals surface area (Å²) in [5.74, 6) is 1.16. The van der Waals surface area contributed by atoms with E-state index in [2.05, 4.69) is 10.6 Å². The molecule has 0 aliphatic carbocycles. The first-order valence-electron chi connectivity index (χ1n) is 8.86. The van der Waals surface area contributed by atoms with E-state index in [1.165, 1.54) is 0 Å². The van der Waals surface area contributed by atoms with Crippen LogP contribution in [0.4, 0.5) is 5.69 Å². The second-order valence-electron chi connectivity index (χ2n) is 6.01. The third kappa shape index (κ3) is 6.86. The van der Waals surface area contributed by atoms with E-state index in [9.17, 15) is 9.59 Å². The van der Waals surface area contributed by atoms with Crippen LogP contribution in [0.15, 0.2) is 78.9 Å². The Morgan fingerprint density at radius 2 is 1.38 bits per heavy atom. The van der Waals surface area contributed by atoms with Crippen LogP contribution in [0.1, 0.15) is 0 Å². The number of para-hydroxylation sites is 1. The number of hydrogen-bond donors (Lipinski definition) is 2. The third-order valence-electron chi connectivity index (χ3n) is 3.75. The van der Waals surface area contributed by atoms with E-state index in [1.807, 2.05) is 30.3 Å². The lowest BCUT2D eigenvalue weighted by Gasteiger charge is -2.09. The Morgan fingerprint density at radius 1 is 0.759 bits per heavy atom. The maximum absolute atomic E-state index is 12.0. The van der Waals surface area contributed by atoms with Crippen LogP contribution in [0.25, 0.3) is 0 Å². The summed E-state index contributed by atoms with van der Waals surface area (Å²) in [4.78, 5) is 23.8. The molecule has 3 aromatic rings. The molecule has 0 saturated carbocycles. The van der Waals surface area contributed by atoms with Crippen LogP contribution < -0.4 is 20.1 Å². The number of amides is 2. The SMILES string of the molecule is O=C(COc1ccc(Cl)cc1)NCC(=O)Nc1ccc(Oc2ccccc2)cc1. The van der Waals surface area contributed by atoms with Crippen molar-refractivity contribution in [2.75, 3.05) is 18.5 Å². The van der Waals surface area contributed by atoms with E-state index < -0.39 is 5.91 Å². The molecule has 2 N–H and O–H groups in total. The summed E-state index contributed by atoms with van der Waals surface area (Å²) in [5.41, 5.74) is 0.599. The summed E-state index contributed by atoms with van der Waals surface area (Å²) >= 11 is 5.78. The molecule has 3 rings (SSSR count). The molecular formula is C22H19ClN2O4. The number of benzene rings is 3. The van der Waals surface area contributed by atoms with Crippen molar-refractivity contribution in [1.29, 1.82) is 0 Å². The van der Waals surface area contributed by atoms with E-state index in [4.69, 9.17) is 21.1 Å². The number of carbonyl (C=O) groups excluding carboxylic acids is 2. The van der Waals surface area contributed by atoms with Crippen LogP contribution in [0, 0.1) is 0 Å². The summed E-state index contributed by atoms with van der Waals surface area (Å²) in [5, 5.41) is 5.79. The molecule has 0 spiro atoms. The van der Waals surface area contributed by atoms with Crippen LogP contribution in [-0.4, -0.2) is 25.0 Å². The first kappa shape index (κ1) is 20.2. The minimum Gasteiger partial charge on any atom is -0.484 e. The average Bonchev–Trinajstić information content (AvgIpc) is 2.74. The topological polar surface area (TPSA) is 76.7 Å². The van der Waals surface area contributed by atoms with Gasteiger partial charge in [-0.25, -0.2) is 0 Å². The Hall–Kier alpha value is -3.51. The van der Waals surface area contributed by atoms with Gasteiger partial charge in [0.25, 0.3) is 5.91 Å². The van der Waals surface area contributed by atoms with Crippen molar-refractivity contribution in [3.05, 3.63) is 83.9 Å². The van der Waals surface area contributed by atoms with Crippen molar-refractivity contribution in [3.63, 3.8) is 0 Å². The van der Waals surface area contributed by atoms with E-state index >= 15 is 0 Å². The van der Waals surface area contributed by atoms with Crippen molar-refractivity contribution in [3.8, 4) is 17.2 Å². The van der Waals surface area contributed by atoms with Crippen molar-refractivity contribution in [1.82, 2.24) is 5.32 Å². The number of hydrogen-bond acceptors (Lipinski definition) is 4. The molecule has 2 amide bonds. The molecule has 0 fully saturated rings. The zero-order valence-electron chi connectivity index (χ0n) is 15.4. The van der Waals surface area contributed by atoms with Crippen LogP contribution in [0.2, 0.25) is 5.02 Å². The van der Waals surface area contributed by atoms with Gasteiger partial charge in [-0.2, -0.15) is 0 Å². The minimum absolute atomic E-state index is 0.162. The Morgan fingerprint density at radius 3 is 2.07 bits per heavy atom. The van der Waals surface area contributed by atoms with Gasteiger partial charge in [0.05, 0.1) is 6.54 Å². The molecule has 0 aromatic heterocycles. The molecule has 0 radical (unpaired) electrons. The maximum atomic E-state index is 12.0. The highest BCUT2D eigenvalue weighted by Crippen LogP contribution is 2.22. The van der Waals surface area contributed by atoms with Crippen molar-refractivity contribution >= 4 is 29.1 Å². The monoisotopic (exact) mass is 410 g/mol. The lowest BCUT2D eigenvalue weighted by molar-refractivity contribution is -0.125. The van der Waals surface area contributed by atoms with Gasteiger partial charge in [0.2, 0.25) is 5.91 Å². The van der Waals surface area contributed by atoms with Crippen LogP contribution >= 0.6 is 11.6 Å². The summed E-state index contributed by atoms with van der Waals surface area (Å²) < 4.78 is 11.0. The van der Waals surface area contributed by atoms with Crippen molar-refractivity contribution in [2.45, 2.75) is 0 Å². The van der Waals surface area contributed by atoms with E-state index in [1.54, 1.807) is 48.5 Å². The number of carbonyl (C=O) groups is 2. The largest absolute Gasteiger partial charge is 0.484 e. The first-order valence-corrected chi connectivity index (χ1v) is 9.24. The summed E-state index contributed by atoms with van der Waals surface area (Å²) in [6, 6.07) is 23.0. The number of anilines is 1. The van der Waals surface area contributed by atoms with Gasteiger partial charge in [0.1, 0.15) is 17.2 Å². The smallest absolute Gasteiger partial charge is 0.258 e. The Labute approximate surface area is 173 Å². The van der Waals surface area contributed by atoms with E-state index in [0.29, 0.717) is 22.2 Å². The van der Waals surface area contributed by atoms with Gasteiger partial charge in [-0.15, -0.1) is 0 Å². The quantitative estimate of drug-likeness (QED) is 0.581. The molecule has 0 aliphatic heterocycles. The van der Waals surface area contributed by atoms with Crippen LogP contribution in [0.5, 0.6) is 17.2 Å². The van der Waals surface area contributed by atoms with E-state index in [-0.39, 0.29) is 19.1 Å². The summed E-state index contributed by atoms with van der Waals surface area (Å²) in [6.07, 6.45) is 0. The third-order valence-corrected chi connectivity index (χ3v) is 4.00. The second kappa shape index (κ2) is 10.1. The average molecular weight is 411 g/mol. The van der Waals surface area contributed by atoms with Gasteiger partial charge in [0.15, 0.2) is 6.61 Å². The molecule has 7 heteroatoms. The minimum atomic E-state index is -0.401. The number of halogens is 1. The van der Waals surface area contributed by atoms with Crippen LogP contribution in [-0.2, 0) is 9.59 Å². The molecular weight excluding hydrogens is 392 g/mol. The van der Waals surface area contributed by atoms with Gasteiger partial charge in [-0.1, -0.05) is 29.8 Å². The molecule has 3 aromatic carbocycles. The number of nitrogens with one attached hydrogen (secondary N) is 2. The molecule has 0 aliphatic rings. The van der Waals surface area contributed by atoms with Crippen molar-refractivity contribution in [2.24, 2.45) is 0 Å². The number of rotatable bonds is 8. The fraction of sp³-hybridized carbons (Fsp3) is 0.0909. The fourth-order valence-corrected chi connectivity index (χ4v) is 2.47. The molecule has 148 valence electrons. The molecule has 6 nitrogen and oxygen atoms in total. The Bertz CT molecular complexity index is 945. The molecule has 0 bridgehead atoms. The highest BCUT2D eigenvalue weighted by molar-refractivity contribution is 6.30.